The number of rotatable bonds is 7. The molecule has 1 aliphatic rings. The SMILES string of the molecule is COC(c1ccc(OC(C)C2CCCCN2)cc1)c1c(-c2ccc(O)cc2)ccc2cc(O)ccc12. The minimum atomic E-state index is -0.339. The molecule has 3 unspecified atom stereocenters. The van der Waals surface area contributed by atoms with E-state index in [1.807, 2.05) is 42.5 Å². The minimum Gasteiger partial charge on any atom is -0.508 e. The fourth-order valence-electron chi connectivity index (χ4n) is 5.23. The summed E-state index contributed by atoms with van der Waals surface area (Å²) in [5, 5.41) is 25.4. The number of fused-ring (bicyclic) bond motifs is 1. The van der Waals surface area contributed by atoms with Crippen molar-refractivity contribution in [2.75, 3.05) is 13.7 Å². The van der Waals surface area contributed by atoms with E-state index in [-0.39, 0.29) is 23.7 Å². The highest BCUT2D eigenvalue weighted by atomic mass is 16.5. The van der Waals surface area contributed by atoms with E-state index in [4.69, 9.17) is 9.47 Å². The molecular weight excluding hydrogens is 450 g/mol. The number of phenols is 2. The number of nitrogens with one attached hydrogen (secondary N) is 1. The summed E-state index contributed by atoms with van der Waals surface area (Å²) in [5.41, 5.74) is 4.01. The van der Waals surface area contributed by atoms with E-state index in [0.29, 0.717) is 6.04 Å². The van der Waals surface area contributed by atoms with Gasteiger partial charge in [0.1, 0.15) is 29.5 Å². The Morgan fingerprint density at radius 2 is 1.61 bits per heavy atom. The van der Waals surface area contributed by atoms with Crippen LogP contribution in [0.15, 0.2) is 78.9 Å². The highest BCUT2D eigenvalue weighted by molar-refractivity contribution is 5.93. The zero-order valence-electron chi connectivity index (χ0n) is 20.8. The average molecular weight is 484 g/mol. The fourth-order valence-corrected chi connectivity index (χ4v) is 5.23. The van der Waals surface area contributed by atoms with Crippen LogP contribution in [-0.4, -0.2) is 36.0 Å². The van der Waals surface area contributed by atoms with Gasteiger partial charge in [-0.05, 0) is 90.2 Å². The number of aromatic hydroxyl groups is 2. The first kappa shape index (κ1) is 24.2. The predicted molar refractivity (Wildman–Crippen MR) is 144 cm³/mol. The topological polar surface area (TPSA) is 71.0 Å². The molecule has 0 spiro atoms. The number of ether oxygens (including phenoxy) is 2. The van der Waals surface area contributed by atoms with Crippen molar-refractivity contribution in [3.05, 3.63) is 90.0 Å². The normalized spacial score (nSPS) is 17.6. The largest absolute Gasteiger partial charge is 0.508 e. The van der Waals surface area contributed by atoms with Crippen LogP contribution in [0.1, 0.15) is 43.4 Å². The van der Waals surface area contributed by atoms with Gasteiger partial charge in [-0.15, -0.1) is 0 Å². The van der Waals surface area contributed by atoms with Crippen molar-refractivity contribution < 1.29 is 19.7 Å². The predicted octanol–water partition coefficient (Wildman–Crippen LogP) is 6.56. The summed E-state index contributed by atoms with van der Waals surface area (Å²) in [6.07, 6.45) is 3.37. The quantitative estimate of drug-likeness (QED) is 0.278. The molecule has 0 saturated carbocycles. The second-order valence-corrected chi connectivity index (χ2v) is 9.54. The molecule has 3 atom stereocenters. The number of phenolic OH excluding ortho intramolecular Hbond substituents is 2. The van der Waals surface area contributed by atoms with Gasteiger partial charge in [0.05, 0.1) is 0 Å². The van der Waals surface area contributed by atoms with Crippen molar-refractivity contribution in [1.82, 2.24) is 5.32 Å². The summed E-state index contributed by atoms with van der Waals surface area (Å²) in [5.74, 6) is 1.29. The van der Waals surface area contributed by atoms with Crippen LogP contribution in [0.25, 0.3) is 21.9 Å². The average Bonchev–Trinajstić information content (AvgIpc) is 2.91. The third-order valence-corrected chi connectivity index (χ3v) is 7.14. The van der Waals surface area contributed by atoms with Gasteiger partial charge in [0, 0.05) is 18.7 Å². The van der Waals surface area contributed by atoms with Crippen LogP contribution in [0.2, 0.25) is 0 Å². The Hall–Kier alpha value is -3.54. The maximum Gasteiger partial charge on any atom is 0.119 e. The third kappa shape index (κ3) is 5.03. The summed E-state index contributed by atoms with van der Waals surface area (Å²) < 4.78 is 12.4. The van der Waals surface area contributed by atoms with Crippen molar-refractivity contribution in [3.8, 4) is 28.4 Å². The highest BCUT2D eigenvalue weighted by Gasteiger charge is 2.23. The van der Waals surface area contributed by atoms with E-state index >= 15 is 0 Å². The van der Waals surface area contributed by atoms with Crippen molar-refractivity contribution in [1.29, 1.82) is 0 Å². The number of piperidine rings is 1. The molecule has 0 amide bonds. The molecule has 4 aromatic carbocycles. The molecule has 0 aromatic heterocycles. The highest BCUT2D eigenvalue weighted by Crippen LogP contribution is 2.40. The second-order valence-electron chi connectivity index (χ2n) is 9.54. The van der Waals surface area contributed by atoms with Crippen LogP contribution in [-0.2, 0) is 4.74 Å². The van der Waals surface area contributed by atoms with Crippen LogP contribution in [0.3, 0.4) is 0 Å². The molecule has 1 aliphatic heterocycles. The summed E-state index contributed by atoms with van der Waals surface area (Å²) in [4.78, 5) is 0. The lowest BCUT2D eigenvalue weighted by Crippen LogP contribution is -2.44. The van der Waals surface area contributed by atoms with Crippen LogP contribution < -0.4 is 10.1 Å². The van der Waals surface area contributed by atoms with Crippen molar-refractivity contribution in [2.24, 2.45) is 0 Å². The minimum absolute atomic E-state index is 0.0983. The fraction of sp³-hybridized carbons (Fsp3) is 0.290. The van der Waals surface area contributed by atoms with E-state index in [9.17, 15) is 10.2 Å². The molecule has 36 heavy (non-hydrogen) atoms. The molecule has 1 fully saturated rings. The Labute approximate surface area is 212 Å². The van der Waals surface area contributed by atoms with E-state index in [2.05, 4.69) is 24.4 Å². The first-order valence-electron chi connectivity index (χ1n) is 12.6. The Morgan fingerprint density at radius 1 is 0.861 bits per heavy atom. The summed E-state index contributed by atoms with van der Waals surface area (Å²) in [6, 6.07) is 25.2. The summed E-state index contributed by atoms with van der Waals surface area (Å²) >= 11 is 0. The molecule has 1 saturated heterocycles. The lowest BCUT2D eigenvalue weighted by molar-refractivity contribution is 0.137. The van der Waals surface area contributed by atoms with Crippen LogP contribution in [0.5, 0.6) is 17.2 Å². The second kappa shape index (κ2) is 10.6. The molecule has 186 valence electrons. The van der Waals surface area contributed by atoms with Crippen LogP contribution in [0.4, 0.5) is 0 Å². The van der Waals surface area contributed by atoms with E-state index in [1.165, 1.54) is 12.8 Å². The smallest absolute Gasteiger partial charge is 0.119 e. The molecule has 3 N–H and O–H groups in total. The van der Waals surface area contributed by atoms with Gasteiger partial charge in [-0.25, -0.2) is 0 Å². The Morgan fingerprint density at radius 3 is 2.31 bits per heavy atom. The van der Waals surface area contributed by atoms with Crippen molar-refractivity contribution in [3.63, 3.8) is 0 Å². The molecule has 0 aliphatic carbocycles. The standard InChI is InChI=1S/C31H33NO4/c1-20(29-5-3-4-18-32-29)36-26-14-8-22(9-15-26)31(35-2)30-27(21-6-11-24(33)12-7-21)16-10-23-19-25(34)13-17-28(23)30/h6-17,19-20,29,31-34H,3-5,18H2,1-2H3. The van der Waals surface area contributed by atoms with Gasteiger partial charge in [-0.1, -0.05) is 48.9 Å². The summed E-state index contributed by atoms with van der Waals surface area (Å²) in [7, 11) is 1.71. The molecule has 1 heterocycles. The number of hydrogen-bond donors (Lipinski definition) is 3. The zero-order chi connectivity index (χ0) is 25.1. The monoisotopic (exact) mass is 483 g/mol. The lowest BCUT2D eigenvalue weighted by Gasteiger charge is -2.29. The number of hydrogen-bond acceptors (Lipinski definition) is 5. The third-order valence-electron chi connectivity index (χ3n) is 7.14. The van der Waals surface area contributed by atoms with Crippen molar-refractivity contribution >= 4 is 10.8 Å². The van der Waals surface area contributed by atoms with Crippen LogP contribution >= 0.6 is 0 Å². The molecule has 5 nitrogen and oxygen atoms in total. The zero-order valence-corrected chi connectivity index (χ0v) is 20.8. The van der Waals surface area contributed by atoms with Gasteiger partial charge >= 0.3 is 0 Å². The van der Waals surface area contributed by atoms with E-state index < -0.39 is 0 Å². The van der Waals surface area contributed by atoms with Gasteiger partial charge in [0.2, 0.25) is 0 Å². The van der Waals surface area contributed by atoms with E-state index in [1.54, 1.807) is 31.4 Å². The molecule has 0 bridgehead atoms. The summed E-state index contributed by atoms with van der Waals surface area (Å²) in [6.45, 7) is 3.18. The Balaban J connectivity index is 1.51. The van der Waals surface area contributed by atoms with Gasteiger partial charge in [-0.3, -0.25) is 0 Å². The Kier molecular flexibility index (Phi) is 7.12. The first-order chi connectivity index (χ1) is 17.5. The number of benzene rings is 4. The van der Waals surface area contributed by atoms with Gasteiger partial charge in [0.25, 0.3) is 0 Å². The molecule has 0 radical (unpaired) electrons. The number of methoxy groups -OCH3 is 1. The van der Waals surface area contributed by atoms with Gasteiger partial charge in [-0.2, -0.15) is 0 Å². The molecular formula is C31H33NO4. The maximum atomic E-state index is 10.1. The molecule has 5 rings (SSSR count). The van der Waals surface area contributed by atoms with Gasteiger partial charge < -0.3 is 25.0 Å². The van der Waals surface area contributed by atoms with Gasteiger partial charge in [0.15, 0.2) is 0 Å². The van der Waals surface area contributed by atoms with E-state index in [0.717, 1.165) is 51.7 Å². The van der Waals surface area contributed by atoms with Crippen LogP contribution in [0, 0.1) is 0 Å². The molecule has 5 heteroatoms. The van der Waals surface area contributed by atoms with Crippen molar-refractivity contribution in [2.45, 2.75) is 44.4 Å². The Bertz CT molecular complexity index is 1310. The molecule has 4 aromatic rings. The first-order valence-corrected chi connectivity index (χ1v) is 12.6. The maximum absolute atomic E-state index is 10.1. The lowest BCUT2D eigenvalue weighted by atomic mass is 9.88.